The first-order valence-corrected chi connectivity index (χ1v) is 11.0. The van der Waals surface area contributed by atoms with Crippen molar-refractivity contribution < 1.29 is 27.5 Å². The molecule has 166 valence electrons. The van der Waals surface area contributed by atoms with Crippen molar-refractivity contribution in [2.75, 3.05) is 32.1 Å². The largest absolute Gasteiger partial charge is 0.375 e. The highest BCUT2D eigenvalue weighted by Gasteiger charge is 2.30. The Hall–Kier alpha value is -2.50. The number of carbonyl (C=O) groups is 3. The molecule has 0 saturated carbocycles. The molecular weight excluding hydrogens is 412 g/mol. The van der Waals surface area contributed by atoms with Gasteiger partial charge in [-0.1, -0.05) is 0 Å². The molecule has 3 amide bonds. The average Bonchev–Trinajstić information content (AvgIpc) is 2.68. The van der Waals surface area contributed by atoms with E-state index in [0.29, 0.717) is 18.5 Å². The number of nitrogens with one attached hydrogen (secondary N) is 3. The fourth-order valence-electron chi connectivity index (χ4n) is 3.11. The molecule has 0 spiro atoms. The van der Waals surface area contributed by atoms with Crippen LogP contribution >= 0.6 is 0 Å². The van der Waals surface area contributed by atoms with Crippen LogP contribution < -0.4 is 16.0 Å². The Bertz CT molecular complexity index is 864. The van der Waals surface area contributed by atoms with E-state index >= 15 is 0 Å². The molecule has 10 nitrogen and oxygen atoms in total. The minimum absolute atomic E-state index is 0.125. The van der Waals surface area contributed by atoms with Crippen LogP contribution in [0.4, 0.5) is 5.69 Å². The zero-order valence-electron chi connectivity index (χ0n) is 17.3. The predicted molar refractivity (Wildman–Crippen MR) is 110 cm³/mol. The van der Waals surface area contributed by atoms with E-state index in [1.54, 1.807) is 19.1 Å². The van der Waals surface area contributed by atoms with Gasteiger partial charge in [-0.05, 0) is 44.0 Å². The molecule has 0 unspecified atom stereocenters. The smallest absolute Gasteiger partial charge is 0.246 e. The summed E-state index contributed by atoms with van der Waals surface area (Å²) in [4.78, 5) is 35.0. The molecule has 1 atom stereocenters. The van der Waals surface area contributed by atoms with E-state index in [2.05, 4.69) is 16.0 Å². The van der Waals surface area contributed by atoms with Gasteiger partial charge in [0.25, 0.3) is 0 Å². The Balaban J connectivity index is 1.89. The molecule has 11 heteroatoms. The first kappa shape index (κ1) is 23.8. The third-order valence-electron chi connectivity index (χ3n) is 4.66. The molecule has 1 aromatic rings. The Morgan fingerprint density at radius 3 is 2.30 bits per heavy atom. The molecule has 1 heterocycles. The molecule has 0 radical (unpaired) electrons. The highest BCUT2D eigenvalue weighted by molar-refractivity contribution is 7.89. The van der Waals surface area contributed by atoms with Gasteiger partial charge in [-0.25, -0.2) is 8.42 Å². The Kier molecular flexibility index (Phi) is 8.33. The average molecular weight is 441 g/mol. The van der Waals surface area contributed by atoms with Gasteiger partial charge in [0, 0.05) is 38.9 Å². The first-order valence-electron chi connectivity index (χ1n) is 9.60. The molecular formula is C19H28N4O6S. The lowest BCUT2D eigenvalue weighted by molar-refractivity contribution is -0.131. The van der Waals surface area contributed by atoms with Gasteiger partial charge in [0.05, 0.1) is 4.90 Å². The summed E-state index contributed by atoms with van der Waals surface area (Å²) in [6.07, 6.45) is 0.932. The van der Waals surface area contributed by atoms with E-state index < -0.39 is 16.1 Å². The third-order valence-corrected chi connectivity index (χ3v) is 6.57. The second kappa shape index (κ2) is 10.5. The summed E-state index contributed by atoms with van der Waals surface area (Å²) in [6.45, 7) is 3.37. The van der Waals surface area contributed by atoms with Gasteiger partial charge in [-0.15, -0.1) is 0 Å². The molecule has 1 aliphatic rings. The summed E-state index contributed by atoms with van der Waals surface area (Å²) < 4.78 is 31.8. The number of amides is 3. The number of rotatable bonds is 8. The van der Waals surface area contributed by atoms with Crippen LogP contribution in [0.15, 0.2) is 29.2 Å². The van der Waals surface area contributed by atoms with Gasteiger partial charge in [0.1, 0.15) is 12.6 Å². The van der Waals surface area contributed by atoms with Crippen molar-refractivity contribution in [1.82, 2.24) is 14.9 Å². The monoisotopic (exact) mass is 440 g/mol. The van der Waals surface area contributed by atoms with Crippen LogP contribution in [0, 0.1) is 0 Å². The maximum Gasteiger partial charge on any atom is 0.246 e. The summed E-state index contributed by atoms with van der Waals surface area (Å²) in [5.41, 5.74) is 0.523. The van der Waals surface area contributed by atoms with Gasteiger partial charge in [0.15, 0.2) is 0 Å². The van der Waals surface area contributed by atoms with Gasteiger partial charge in [-0.3, -0.25) is 14.4 Å². The number of benzene rings is 1. The Morgan fingerprint density at radius 1 is 1.17 bits per heavy atom. The van der Waals surface area contributed by atoms with Crippen LogP contribution in [0.2, 0.25) is 0 Å². The zero-order valence-corrected chi connectivity index (χ0v) is 18.1. The second-order valence-corrected chi connectivity index (χ2v) is 9.05. The minimum atomic E-state index is -3.66. The van der Waals surface area contributed by atoms with E-state index in [0.717, 1.165) is 0 Å². The van der Waals surface area contributed by atoms with Crippen LogP contribution in [0.3, 0.4) is 0 Å². The predicted octanol–water partition coefficient (Wildman–Crippen LogP) is 0.0654. The maximum atomic E-state index is 12.8. The topological polar surface area (TPSA) is 134 Å². The van der Waals surface area contributed by atoms with Crippen molar-refractivity contribution in [2.45, 2.75) is 43.7 Å². The molecule has 1 saturated heterocycles. The number of anilines is 1. The van der Waals surface area contributed by atoms with Crippen LogP contribution in [0.25, 0.3) is 0 Å². The number of methoxy groups -OCH3 is 1. The van der Waals surface area contributed by atoms with Crippen molar-refractivity contribution in [3.63, 3.8) is 0 Å². The molecule has 0 aromatic heterocycles. The van der Waals surface area contributed by atoms with E-state index in [1.165, 1.54) is 30.5 Å². The summed E-state index contributed by atoms with van der Waals surface area (Å²) >= 11 is 0. The van der Waals surface area contributed by atoms with Gasteiger partial charge in [-0.2, -0.15) is 4.31 Å². The number of hydrogen-bond donors (Lipinski definition) is 3. The van der Waals surface area contributed by atoms with Crippen LogP contribution in [-0.4, -0.2) is 69.3 Å². The molecule has 2 rings (SSSR count). The van der Waals surface area contributed by atoms with Crippen molar-refractivity contribution in [3.05, 3.63) is 24.3 Å². The quantitative estimate of drug-likeness (QED) is 0.524. The van der Waals surface area contributed by atoms with Gasteiger partial charge >= 0.3 is 0 Å². The number of nitrogens with zero attached hydrogens (tertiary/aromatic N) is 1. The van der Waals surface area contributed by atoms with E-state index in [-0.39, 0.29) is 48.4 Å². The summed E-state index contributed by atoms with van der Waals surface area (Å²) in [5.74, 6) is -0.942. The number of piperidine rings is 1. The van der Waals surface area contributed by atoms with Crippen LogP contribution in [0.5, 0.6) is 0 Å². The van der Waals surface area contributed by atoms with Crippen molar-refractivity contribution in [1.29, 1.82) is 0 Å². The Labute approximate surface area is 176 Å². The Morgan fingerprint density at radius 2 is 1.77 bits per heavy atom. The van der Waals surface area contributed by atoms with Crippen molar-refractivity contribution in [2.24, 2.45) is 0 Å². The fraction of sp³-hybridized carbons (Fsp3) is 0.526. The fourth-order valence-corrected chi connectivity index (χ4v) is 4.58. The highest BCUT2D eigenvalue weighted by atomic mass is 32.2. The molecule has 1 fully saturated rings. The van der Waals surface area contributed by atoms with E-state index in [1.807, 2.05) is 0 Å². The molecule has 1 aromatic carbocycles. The van der Waals surface area contributed by atoms with Gasteiger partial charge in [0.2, 0.25) is 27.7 Å². The van der Waals surface area contributed by atoms with E-state index in [9.17, 15) is 22.8 Å². The van der Waals surface area contributed by atoms with E-state index in [4.69, 9.17) is 4.74 Å². The summed E-state index contributed by atoms with van der Waals surface area (Å²) in [5, 5.41) is 7.97. The third kappa shape index (κ3) is 6.51. The molecule has 1 aliphatic heterocycles. The van der Waals surface area contributed by atoms with Gasteiger partial charge < -0.3 is 20.7 Å². The number of carbonyl (C=O) groups excluding carboxylic acids is 3. The lowest BCUT2D eigenvalue weighted by Crippen LogP contribution is -2.52. The number of sulfonamides is 1. The molecule has 0 bridgehead atoms. The molecule has 0 aliphatic carbocycles. The minimum Gasteiger partial charge on any atom is -0.375 e. The van der Waals surface area contributed by atoms with Crippen molar-refractivity contribution >= 4 is 33.4 Å². The van der Waals surface area contributed by atoms with Crippen molar-refractivity contribution in [3.8, 4) is 0 Å². The number of ether oxygens (including phenoxy) is 1. The van der Waals surface area contributed by atoms with Crippen LogP contribution in [0.1, 0.15) is 26.7 Å². The van der Waals surface area contributed by atoms with Crippen LogP contribution in [-0.2, 0) is 29.1 Å². The highest BCUT2D eigenvalue weighted by Crippen LogP contribution is 2.22. The molecule has 3 N–H and O–H groups in total. The summed E-state index contributed by atoms with van der Waals surface area (Å²) in [7, 11) is -2.27. The second-order valence-electron chi connectivity index (χ2n) is 7.11. The zero-order chi connectivity index (χ0) is 22.3. The SMILES string of the molecule is COCC(=O)N[C@H](C)C(=O)NC1CCN(S(=O)(=O)c2ccc(NC(C)=O)cc2)CC1. The normalized spacial score (nSPS) is 16.5. The number of hydrogen-bond acceptors (Lipinski definition) is 6. The standard InChI is InChI=1S/C19H28N4O6S/c1-13(20-18(25)12-29-3)19(26)22-16-8-10-23(11-9-16)30(27,28)17-6-4-15(5-7-17)21-14(2)24/h4-7,13,16H,8-12H2,1-3H3,(H,20,25)(H,21,24)(H,22,26)/t13-/m1/s1. The lowest BCUT2D eigenvalue weighted by Gasteiger charge is -2.32. The lowest BCUT2D eigenvalue weighted by atomic mass is 10.1. The maximum absolute atomic E-state index is 12.8. The summed E-state index contributed by atoms with van der Waals surface area (Å²) in [6, 6.07) is 5.11. The first-order chi connectivity index (χ1) is 14.1. The molecule has 30 heavy (non-hydrogen) atoms.